The Labute approximate surface area is 170 Å². The van der Waals surface area contributed by atoms with E-state index in [1.807, 2.05) is 10.6 Å². The number of rotatable bonds is 10. The quantitative estimate of drug-likeness (QED) is 0.400. The molecule has 3 aromatic rings. The Balaban J connectivity index is 1.34. The van der Waals surface area contributed by atoms with Crippen molar-refractivity contribution in [3.8, 4) is 5.75 Å². The van der Waals surface area contributed by atoms with Gasteiger partial charge in [-0.15, -0.1) is 21.5 Å². The Hall–Kier alpha value is -2.03. The normalized spacial score (nSPS) is 10.7. The second-order valence-electron chi connectivity index (χ2n) is 5.58. The monoisotopic (exact) mass is 422 g/mol. The number of nitrogens with zero attached hydrogens (tertiary/aromatic N) is 3. The third-order valence-electron chi connectivity index (χ3n) is 3.60. The van der Waals surface area contributed by atoms with E-state index in [-0.39, 0.29) is 5.91 Å². The van der Waals surface area contributed by atoms with Crippen LogP contribution in [0.2, 0.25) is 5.02 Å². The van der Waals surface area contributed by atoms with Gasteiger partial charge in [0.2, 0.25) is 5.91 Å². The minimum absolute atomic E-state index is 0.0625. The molecule has 1 N–H and O–H groups in total. The van der Waals surface area contributed by atoms with Gasteiger partial charge in [-0.05, 0) is 42.1 Å². The van der Waals surface area contributed by atoms with Crippen LogP contribution in [-0.2, 0) is 17.8 Å². The van der Waals surface area contributed by atoms with Crippen LogP contribution in [0.4, 0.5) is 0 Å². The molecular weight excluding hydrogens is 404 g/mol. The lowest BCUT2D eigenvalue weighted by Crippen LogP contribution is -2.29. The number of hydrogen-bond acceptors (Lipinski definition) is 6. The Kier molecular flexibility index (Phi) is 7.55. The van der Waals surface area contributed by atoms with Crippen LogP contribution in [0.1, 0.15) is 4.88 Å². The van der Waals surface area contributed by atoms with Crippen LogP contribution in [-0.4, -0.2) is 39.6 Å². The van der Waals surface area contributed by atoms with Gasteiger partial charge in [-0.3, -0.25) is 4.79 Å². The Morgan fingerprint density at radius 2 is 2.15 bits per heavy atom. The van der Waals surface area contributed by atoms with E-state index in [1.54, 1.807) is 41.9 Å². The molecule has 0 unspecified atom stereocenters. The molecule has 2 aromatic heterocycles. The molecule has 0 aliphatic carbocycles. The largest absolute Gasteiger partial charge is 0.492 e. The van der Waals surface area contributed by atoms with Gasteiger partial charge in [-0.1, -0.05) is 29.4 Å². The third-order valence-corrected chi connectivity index (χ3v) is 5.77. The van der Waals surface area contributed by atoms with E-state index >= 15 is 0 Å². The van der Waals surface area contributed by atoms with Gasteiger partial charge in [0, 0.05) is 16.4 Å². The average Bonchev–Trinajstić information content (AvgIpc) is 3.35. The van der Waals surface area contributed by atoms with Gasteiger partial charge in [-0.25, -0.2) is 0 Å². The van der Waals surface area contributed by atoms with Crippen molar-refractivity contribution < 1.29 is 9.53 Å². The number of ether oxygens (including phenoxy) is 1. The van der Waals surface area contributed by atoms with E-state index in [1.165, 1.54) is 16.6 Å². The molecular formula is C18H19ClN4O2S2. The second kappa shape index (κ2) is 10.3. The van der Waals surface area contributed by atoms with Crippen molar-refractivity contribution in [2.24, 2.45) is 0 Å². The van der Waals surface area contributed by atoms with Crippen LogP contribution >= 0.6 is 34.7 Å². The van der Waals surface area contributed by atoms with Crippen LogP contribution < -0.4 is 10.1 Å². The van der Waals surface area contributed by atoms with E-state index < -0.39 is 0 Å². The molecule has 1 amide bonds. The molecule has 142 valence electrons. The number of thiophene rings is 1. The van der Waals surface area contributed by atoms with Crippen molar-refractivity contribution in [3.63, 3.8) is 0 Å². The summed E-state index contributed by atoms with van der Waals surface area (Å²) in [6.07, 6.45) is 2.63. The lowest BCUT2D eigenvalue weighted by Gasteiger charge is -2.08. The molecule has 0 bridgehead atoms. The predicted molar refractivity (Wildman–Crippen MR) is 109 cm³/mol. The molecule has 0 radical (unpaired) electrons. The summed E-state index contributed by atoms with van der Waals surface area (Å²) in [7, 11) is 0. The number of carbonyl (C=O) groups is 1. The highest BCUT2D eigenvalue weighted by atomic mass is 35.5. The summed E-state index contributed by atoms with van der Waals surface area (Å²) in [5, 5.41) is 14.4. The third kappa shape index (κ3) is 6.57. The molecule has 0 atom stereocenters. The Morgan fingerprint density at radius 1 is 1.30 bits per heavy atom. The van der Waals surface area contributed by atoms with Gasteiger partial charge in [0.15, 0.2) is 5.16 Å². The molecule has 2 heterocycles. The Bertz CT molecular complexity index is 837. The summed E-state index contributed by atoms with van der Waals surface area (Å²) in [6, 6.07) is 11.3. The minimum Gasteiger partial charge on any atom is -0.492 e. The van der Waals surface area contributed by atoms with Crippen molar-refractivity contribution in [2.75, 3.05) is 18.9 Å². The number of benzene rings is 1. The fourth-order valence-electron chi connectivity index (χ4n) is 2.27. The molecule has 0 aliphatic heterocycles. The highest BCUT2D eigenvalue weighted by Crippen LogP contribution is 2.17. The number of aryl methyl sites for hydroxylation is 2. The van der Waals surface area contributed by atoms with E-state index in [4.69, 9.17) is 16.3 Å². The topological polar surface area (TPSA) is 69.0 Å². The van der Waals surface area contributed by atoms with E-state index in [2.05, 4.69) is 27.0 Å². The number of aromatic nitrogens is 3. The maximum absolute atomic E-state index is 12.0. The fourth-order valence-corrected chi connectivity index (χ4v) is 3.86. The zero-order valence-corrected chi connectivity index (χ0v) is 16.9. The molecule has 0 saturated heterocycles. The van der Waals surface area contributed by atoms with Crippen molar-refractivity contribution in [3.05, 3.63) is 58.0 Å². The van der Waals surface area contributed by atoms with Crippen LogP contribution in [0.3, 0.4) is 0 Å². The van der Waals surface area contributed by atoms with Gasteiger partial charge in [0.1, 0.15) is 18.7 Å². The average molecular weight is 423 g/mol. The van der Waals surface area contributed by atoms with Crippen LogP contribution in [0, 0.1) is 0 Å². The van der Waals surface area contributed by atoms with Crippen molar-refractivity contribution in [1.82, 2.24) is 20.1 Å². The lowest BCUT2D eigenvalue weighted by atomic mass is 10.3. The van der Waals surface area contributed by atoms with E-state index in [0.717, 1.165) is 23.9 Å². The summed E-state index contributed by atoms with van der Waals surface area (Å²) in [5.74, 6) is 0.952. The van der Waals surface area contributed by atoms with E-state index in [0.29, 0.717) is 23.9 Å². The smallest absolute Gasteiger partial charge is 0.230 e. The summed E-state index contributed by atoms with van der Waals surface area (Å²) >= 11 is 8.94. The lowest BCUT2D eigenvalue weighted by molar-refractivity contribution is -0.118. The van der Waals surface area contributed by atoms with Gasteiger partial charge >= 0.3 is 0 Å². The molecule has 0 fully saturated rings. The van der Waals surface area contributed by atoms with Crippen LogP contribution in [0.15, 0.2) is 53.3 Å². The van der Waals surface area contributed by atoms with Gasteiger partial charge in [0.25, 0.3) is 0 Å². The second-order valence-corrected chi connectivity index (χ2v) is 7.99. The number of nitrogens with one attached hydrogen (secondary N) is 1. The SMILES string of the molecule is O=C(CSc1nncn1CCc1cccs1)NCCOc1ccc(Cl)cc1. The van der Waals surface area contributed by atoms with Crippen LogP contribution in [0.25, 0.3) is 0 Å². The molecule has 27 heavy (non-hydrogen) atoms. The first-order valence-electron chi connectivity index (χ1n) is 8.39. The predicted octanol–water partition coefficient (Wildman–Crippen LogP) is 3.52. The standard InChI is InChI=1S/C18H19ClN4O2S2/c19-14-3-5-15(6-4-14)25-10-8-20-17(24)12-27-18-22-21-13-23(18)9-7-16-2-1-11-26-16/h1-6,11,13H,7-10,12H2,(H,20,24). The minimum atomic E-state index is -0.0625. The van der Waals surface area contributed by atoms with Crippen LogP contribution in [0.5, 0.6) is 5.75 Å². The van der Waals surface area contributed by atoms with Gasteiger partial charge < -0.3 is 14.6 Å². The number of amides is 1. The van der Waals surface area contributed by atoms with Crippen molar-refractivity contribution in [2.45, 2.75) is 18.1 Å². The highest BCUT2D eigenvalue weighted by molar-refractivity contribution is 7.99. The first-order valence-corrected chi connectivity index (χ1v) is 10.6. The zero-order valence-electron chi connectivity index (χ0n) is 14.5. The van der Waals surface area contributed by atoms with Crippen molar-refractivity contribution >= 4 is 40.6 Å². The number of halogens is 1. The maximum atomic E-state index is 12.0. The zero-order chi connectivity index (χ0) is 18.9. The first-order chi connectivity index (χ1) is 13.2. The molecule has 0 saturated carbocycles. The van der Waals surface area contributed by atoms with Gasteiger partial charge in [-0.2, -0.15) is 0 Å². The molecule has 0 aliphatic rings. The molecule has 9 heteroatoms. The van der Waals surface area contributed by atoms with E-state index in [9.17, 15) is 4.79 Å². The number of thioether (sulfide) groups is 1. The summed E-state index contributed by atoms with van der Waals surface area (Å²) in [6.45, 7) is 1.63. The Morgan fingerprint density at radius 3 is 2.93 bits per heavy atom. The summed E-state index contributed by atoms with van der Waals surface area (Å²) in [5.41, 5.74) is 0. The van der Waals surface area contributed by atoms with Gasteiger partial charge in [0.05, 0.1) is 12.3 Å². The number of carbonyl (C=O) groups excluding carboxylic acids is 1. The highest BCUT2D eigenvalue weighted by Gasteiger charge is 2.09. The summed E-state index contributed by atoms with van der Waals surface area (Å²) in [4.78, 5) is 13.3. The molecule has 0 spiro atoms. The maximum Gasteiger partial charge on any atom is 0.230 e. The number of hydrogen-bond donors (Lipinski definition) is 1. The first kappa shape index (κ1) is 19.7. The molecule has 1 aromatic carbocycles. The molecule has 6 nitrogen and oxygen atoms in total. The summed E-state index contributed by atoms with van der Waals surface area (Å²) < 4.78 is 7.52. The van der Waals surface area contributed by atoms with Crippen molar-refractivity contribution in [1.29, 1.82) is 0 Å². The fraction of sp³-hybridized carbons (Fsp3) is 0.278. The molecule has 3 rings (SSSR count).